The average molecular weight is 365 g/mol. The lowest BCUT2D eigenvalue weighted by Gasteiger charge is -2.18. The van der Waals surface area contributed by atoms with Crippen molar-refractivity contribution in [3.63, 3.8) is 0 Å². The van der Waals surface area contributed by atoms with Crippen LogP contribution in [-0.4, -0.2) is 22.6 Å². The van der Waals surface area contributed by atoms with Gasteiger partial charge in [-0.1, -0.05) is 36.4 Å². The van der Waals surface area contributed by atoms with E-state index in [4.69, 9.17) is 4.74 Å². The van der Waals surface area contributed by atoms with Crippen LogP contribution in [0, 0.1) is 5.82 Å². The van der Waals surface area contributed by atoms with Crippen LogP contribution < -0.4 is 10.1 Å². The number of carbonyl (C=O) groups is 1. The van der Waals surface area contributed by atoms with Gasteiger partial charge in [-0.15, -0.1) is 0 Å². The number of aryl methyl sites for hydroxylation is 1. The molecule has 0 spiro atoms. The first-order valence-corrected chi connectivity index (χ1v) is 8.43. The zero-order valence-electron chi connectivity index (χ0n) is 15.1. The Balaban J connectivity index is 1.79. The molecule has 1 amide bonds. The second-order valence-corrected chi connectivity index (χ2v) is 5.98. The minimum absolute atomic E-state index is 0.163. The summed E-state index contributed by atoms with van der Waals surface area (Å²) in [7, 11) is 3.28. The Bertz CT molecular complexity index is 951. The van der Waals surface area contributed by atoms with Crippen molar-refractivity contribution in [3.8, 4) is 5.75 Å². The Morgan fingerprint density at radius 1 is 1.26 bits per heavy atom. The first-order valence-electron chi connectivity index (χ1n) is 8.43. The topological polar surface area (TPSA) is 56.1 Å². The normalized spacial score (nSPS) is 12.1. The highest BCUT2D eigenvalue weighted by atomic mass is 19.1. The molecule has 5 nitrogen and oxygen atoms in total. The summed E-state index contributed by atoms with van der Waals surface area (Å²) >= 11 is 0. The summed E-state index contributed by atoms with van der Waals surface area (Å²) < 4.78 is 20.5. The fourth-order valence-electron chi connectivity index (χ4n) is 2.75. The molecule has 1 heterocycles. The second kappa shape index (κ2) is 8.31. The number of rotatable bonds is 6. The van der Waals surface area contributed by atoms with Gasteiger partial charge in [0.15, 0.2) is 11.6 Å². The van der Waals surface area contributed by atoms with Crippen LogP contribution in [0.25, 0.3) is 6.08 Å². The Labute approximate surface area is 157 Å². The number of benzene rings is 2. The van der Waals surface area contributed by atoms with Gasteiger partial charge in [0.2, 0.25) is 5.91 Å². The highest BCUT2D eigenvalue weighted by Crippen LogP contribution is 2.21. The molecule has 27 heavy (non-hydrogen) atoms. The van der Waals surface area contributed by atoms with E-state index in [0.717, 1.165) is 11.4 Å². The van der Waals surface area contributed by atoms with E-state index in [2.05, 4.69) is 10.3 Å². The smallest absolute Gasteiger partial charge is 0.244 e. The minimum Gasteiger partial charge on any atom is -0.494 e. The number of nitrogens with zero attached hydrogens (tertiary/aromatic N) is 2. The van der Waals surface area contributed by atoms with E-state index < -0.39 is 11.9 Å². The van der Waals surface area contributed by atoms with E-state index in [0.29, 0.717) is 5.56 Å². The van der Waals surface area contributed by atoms with Gasteiger partial charge in [-0.25, -0.2) is 9.37 Å². The van der Waals surface area contributed by atoms with Crippen molar-refractivity contribution in [1.29, 1.82) is 0 Å². The van der Waals surface area contributed by atoms with Crippen LogP contribution in [0.3, 0.4) is 0 Å². The van der Waals surface area contributed by atoms with Gasteiger partial charge < -0.3 is 14.6 Å². The van der Waals surface area contributed by atoms with E-state index in [1.807, 2.05) is 48.1 Å². The number of imidazole rings is 1. The predicted octanol–water partition coefficient (Wildman–Crippen LogP) is 3.49. The molecular formula is C21H20FN3O2. The Kier molecular flexibility index (Phi) is 5.66. The predicted molar refractivity (Wildman–Crippen MR) is 102 cm³/mol. The molecule has 138 valence electrons. The molecule has 1 N–H and O–H groups in total. The third kappa shape index (κ3) is 4.41. The molecule has 0 aliphatic carbocycles. The molecular weight excluding hydrogens is 345 g/mol. The maximum Gasteiger partial charge on any atom is 0.244 e. The molecule has 0 aliphatic heterocycles. The summed E-state index contributed by atoms with van der Waals surface area (Å²) in [5.74, 6) is 0.104. The number of halogens is 1. The van der Waals surface area contributed by atoms with E-state index in [1.54, 1.807) is 18.3 Å². The molecule has 1 aromatic heterocycles. The summed E-state index contributed by atoms with van der Waals surface area (Å²) in [6, 6.07) is 13.7. The molecule has 1 unspecified atom stereocenters. The highest BCUT2D eigenvalue weighted by molar-refractivity contribution is 5.92. The number of hydrogen-bond donors (Lipinski definition) is 1. The Hall–Kier alpha value is -3.41. The minimum atomic E-state index is -0.477. The Morgan fingerprint density at radius 3 is 2.67 bits per heavy atom. The first-order chi connectivity index (χ1) is 13.1. The molecule has 6 heteroatoms. The summed E-state index contributed by atoms with van der Waals surface area (Å²) in [5.41, 5.74) is 1.49. The number of carbonyl (C=O) groups excluding carboxylic acids is 1. The summed E-state index contributed by atoms with van der Waals surface area (Å²) in [6.07, 6.45) is 6.44. The summed E-state index contributed by atoms with van der Waals surface area (Å²) in [6.45, 7) is 0. The van der Waals surface area contributed by atoms with Crippen molar-refractivity contribution in [2.75, 3.05) is 7.11 Å². The monoisotopic (exact) mass is 365 g/mol. The van der Waals surface area contributed by atoms with Crippen LogP contribution in [-0.2, 0) is 11.8 Å². The lowest BCUT2D eigenvalue weighted by Crippen LogP contribution is -2.29. The molecule has 3 aromatic rings. The van der Waals surface area contributed by atoms with Gasteiger partial charge in [0.05, 0.1) is 7.11 Å². The lowest BCUT2D eigenvalue weighted by atomic mass is 10.1. The molecule has 3 rings (SSSR count). The van der Waals surface area contributed by atoms with Crippen LogP contribution >= 0.6 is 0 Å². The van der Waals surface area contributed by atoms with Gasteiger partial charge in [0, 0.05) is 25.5 Å². The molecule has 0 saturated carbocycles. The van der Waals surface area contributed by atoms with Crippen molar-refractivity contribution < 1.29 is 13.9 Å². The summed E-state index contributed by atoms with van der Waals surface area (Å²) in [4.78, 5) is 16.8. The molecule has 0 aliphatic rings. The maximum atomic E-state index is 13.8. The van der Waals surface area contributed by atoms with Crippen molar-refractivity contribution >= 4 is 12.0 Å². The number of ether oxygens (including phenoxy) is 1. The van der Waals surface area contributed by atoms with Gasteiger partial charge in [-0.3, -0.25) is 4.79 Å². The van der Waals surface area contributed by atoms with Crippen molar-refractivity contribution in [1.82, 2.24) is 14.9 Å². The van der Waals surface area contributed by atoms with Crippen LogP contribution in [0.1, 0.15) is 23.0 Å². The number of nitrogens with one attached hydrogen (secondary N) is 1. The molecule has 2 aromatic carbocycles. The third-order valence-corrected chi connectivity index (χ3v) is 4.14. The lowest BCUT2D eigenvalue weighted by molar-refractivity contribution is -0.117. The number of aromatic nitrogens is 2. The van der Waals surface area contributed by atoms with Gasteiger partial charge in [-0.2, -0.15) is 0 Å². The van der Waals surface area contributed by atoms with E-state index >= 15 is 0 Å². The van der Waals surface area contributed by atoms with Gasteiger partial charge in [0.25, 0.3) is 0 Å². The second-order valence-electron chi connectivity index (χ2n) is 5.98. The quantitative estimate of drug-likeness (QED) is 0.681. The number of methoxy groups -OCH3 is 1. The SMILES string of the molecule is COc1ccc(/C=C/C(=O)NC(c2ccccc2)c2nccn2C)cc1F. The molecule has 0 fully saturated rings. The van der Waals surface area contributed by atoms with E-state index in [1.165, 1.54) is 25.3 Å². The van der Waals surface area contributed by atoms with E-state index in [-0.39, 0.29) is 11.7 Å². The van der Waals surface area contributed by atoms with Crippen LogP contribution in [0.5, 0.6) is 5.75 Å². The number of amides is 1. The largest absolute Gasteiger partial charge is 0.494 e. The van der Waals surface area contributed by atoms with Crippen LogP contribution in [0.15, 0.2) is 67.0 Å². The molecule has 0 bridgehead atoms. The van der Waals surface area contributed by atoms with Gasteiger partial charge >= 0.3 is 0 Å². The van der Waals surface area contributed by atoms with Crippen LogP contribution in [0.4, 0.5) is 4.39 Å². The van der Waals surface area contributed by atoms with Crippen LogP contribution in [0.2, 0.25) is 0 Å². The van der Waals surface area contributed by atoms with Gasteiger partial charge in [-0.05, 0) is 29.3 Å². The zero-order chi connectivity index (χ0) is 19.2. The maximum absolute atomic E-state index is 13.8. The van der Waals surface area contributed by atoms with Gasteiger partial charge in [0.1, 0.15) is 11.9 Å². The fraction of sp³-hybridized carbons (Fsp3) is 0.143. The average Bonchev–Trinajstić information content (AvgIpc) is 3.11. The van der Waals surface area contributed by atoms with Crippen molar-refractivity contribution in [3.05, 3.63) is 89.8 Å². The number of hydrogen-bond acceptors (Lipinski definition) is 3. The zero-order valence-corrected chi connectivity index (χ0v) is 15.1. The standard InChI is InChI=1S/C21H20FN3O2/c1-25-13-12-23-21(25)20(16-6-4-3-5-7-16)24-19(26)11-9-15-8-10-18(27-2)17(22)14-15/h3-14,20H,1-2H3,(H,24,26)/b11-9+. The van der Waals surface area contributed by atoms with Crippen molar-refractivity contribution in [2.24, 2.45) is 7.05 Å². The highest BCUT2D eigenvalue weighted by Gasteiger charge is 2.19. The Morgan fingerprint density at radius 2 is 2.04 bits per heavy atom. The molecule has 1 atom stereocenters. The first kappa shape index (κ1) is 18.4. The van der Waals surface area contributed by atoms with E-state index in [9.17, 15) is 9.18 Å². The fourth-order valence-corrected chi connectivity index (χ4v) is 2.75. The molecule has 0 saturated heterocycles. The summed E-state index contributed by atoms with van der Waals surface area (Å²) in [5, 5.41) is 2.96. The van der Waals surface area contributed by atoms with Crippen molar-refractivity contribution in [2.45, 2.75) is 6.04 Å². The third-order valence-electron chi connectivity index (χ3n) is 4.14. The molecule has 0 radical (unpaired) electrons.